The zero-order valence-corrected chi connectivity index (χ0v) is 9.58. The summed E-state index contributed by atoms with van der Waals surface area (Å²) in [6.07, 6.45) is 2.35. The molecule has 2 aromatic rings. The molecule has 1 N–H and O–H groups in total. The lowest BCUT2D eigenvalue weighted by molar-refractivity contribution is 0.0913. The predicted molar refractivity (Wildman–Crippen MR) is 59.2 cm³/mol. The standard InChI is InChI=1S/C10H11N3O2S/c1-2-9-13-7(6-16-9)5-11-10(14)8-3-4-12-15-8/h3-4,6H,2,5H2,1H3,(H,11,14). The topological polar surface area (TPSA) is 68.0 Å². The van der Waals surface area contributed by atoms with Crippen LogP contribution in [0.1, 0.15) is 28.2 Å². The molecule has 6 heteroatoms. The molecule has 5 nitrogen and oxygen atoms in total. The Morgan fingerprint density at radius 2 is 2.50 bits per heavy atom. The first-order valence-electron chi connectivity index (χ1n) is 4.91. The van der Waals surface area contributed by atoms with E-state index in [1.807, 2.05) is 5.38 Å². The van der Waals surface area contributed by atoms with Crippen molar-refractivity contribution in [2.45, 2.75) is 19.9 Å². The largest absolute Gasteiger partial charge is 0.351 e. The molecule has 0 aliphatic rings. The second kappa shape index (κ2) is 4.89. The van der Waals surface area contributed by atoms with Crippen molar-refractivity contribution in [1.82, 2.24) is 15.5 Å². The lowest BCUT2D eigenvalue weighted by Gasteiger charge is -1.98. The molecule has 0 fully saturated rings. The van der Waals surface area contributed by atoms with Crippen molar-refractivity contribution in [1.29, 1.82) is 0 Å². The second-order valence-corrected chi connectivity index (χ2v) is 4.09. The Morgan fingerprint density at radius 3 is 3.12 bits per heavy atom. The summed E-state index contributed by atoms with van der Waals surface area (Å²) < 4.78 is 4.73. The van der Waals surface area contributed by atoms with Crippen molar-refractivity contribution in [2.75, 3.05) is 0 Å². The fourth-order valence-electron chi connectivity index (χ4n) is 1.18. The van der Waals surface area contributed by atoms with Gasteiger partial charge in [0.25, 0.3) is 5.91 Å². The Morgan fingerprint density at radius 1 is 1.62 bits per heavy atom. The Labute approximate surface area is 96.5 Å². The van der Waals surface area contributed by atoms with E-state index in [0.29, 0.717) is 6.54 Å². The number of amides is 1. The molecule has 0 radical (unpaired) electrons. The molecule has 2 rings (SSSR count). The van der Waals surface area contributed by atoms with Gasteiger partial charge in [0.05, 0.1) is 23.4 Å². The van der Waals surface area contributed by atoms with E-state index in [1.165, 1.54) is 12.3 Å². The van der Waals surface area contributed by atoms with E-state index in [0.717, 1.165) is 17.1 Å². The van der Waals surface area contributed by atoms with Gasteiger partial charge in [0, 0.05) is 11.4 Å². The average molecular weight is 237 g/mol. The normalized spacial score (nSPS) is 10.3. The minimum atomic E-state index is -0.274. The molecule has 2 heterocycles. The van der Waals surface area contributed by atoms with Gasteiger partial charge in [-0.2, -0.15) is 0 Å². The number of hydrogen-bond donors (Lipinski definition) is 1. The van der Waals surface area contributed by atoms with Crippen molar-refractivity contribution in [3.63, 3.8) is 0 Å². The molecule has 0 unspecified atom stereocenters. The maximum Gasteiger partial charge on any atom is 0.290 e. The second-order valence-electron chi connectivity index (χ2n) is 3.15. The van der Waals surface area contributed by atoms with Gasteiger partial charge in [-0.15, -0.1) is 11.3 Å². The van der Waals surface area contributed by atoms with Gasteiger partial charge in [0.15, 0.2) is 0 Å². The molecule has 0 aliphatic heterocycles. The van der Waals surface area contributed by atoms with Crippen LogP contribution in [0.5, 0.6) is 0 Å². The lowest BCUT2D eigenvalue weighted by atomic mass is 10.4. The molecular formula is C10H11N3O2S. The van der Waals surface area contributed by atoms with E-state index in [9.17, 15) is 4.79 Å². The van der Waals surface area contributed by atoms with Gasteiger partial charge < -0.3 is 9.84 Å². The van der Waals surface area contributed by atoms with Crippen molar-refractivity contribution >= 4 is 17.2 Å². The van der Waals surface area contributed by atoms with E-state index >= 15 is 0 Å². The third-order valence-corrected chi connectivity index (χ3v) is 3.04. The SMILES string of the molecule is CCc1nc(CNC(=O)c2ccno2)cs1. The summed E-state index contributed by atoms with van der Waals surface area (Å²) in [4.78, 5) is 15.8. The summed E-state index contributed by atoms with van der Waals surface area (Å²) in [7, 11) is 0. The molecule has 0 aromatic carbocycles. The van der Waals surface area contributed by atoms with Crippen molar-refractivity contribution < 1.29 is 9.32 Å². The molecule has 16 heavy (non-hydrogen) atoms. The highest BCUT2D eigenvalue weighted by Gasteiger charge is 2.09. The summed E-state index contributed by atoms with van der Waals surface area (Å²) in [6.45, 7) is 2.46. The minimum absolute atomic E-state index is 0.214. The first kappa shape index (κ1) is 10.8. The Hall–Kier alpha value is -1.69. The Balaban J connectivity index is 1.90. The summed E-state index contributed by atoms with van der Waals surface area (Å²) >= 11 is 1.60. The smallest absolute Gasteiger partial charge is 0.290 e. The molecule has 1 amide bonds. The van der Waals surface area contributed by atoms with Crippen LogP contribution in [0.15, 0.2) is 22.2 Å². The van der Waals surface area contributed by atoms with Gasteiger partial charge in [0.1, 0.15) is 0 Å². The van der Waals surface area contributed by atoms with Crippen LogP contribution in [0.25, 0.3) is 0 Å². The van der Waals surface area contributed by atoms with Crippen molar-refractivity contribution in [2.24, 2.45) is 0 Å². The molecule has 0 saturated heterocycles. The average Bonchev–Trinajstić information content (AvgIpc) is 2.96. The van der Waals surface area contributed by atoms with E-state index in [1.54, 1.807) is 11.3 Å². The molecule has 0 bridgehead atoms. The quantitative estimate of drug-likeness (QED) is 0.877. The van der Waals surface area contributed by atoms with E-state index in [4.69, 9.17) is 4.52 Å². The Bertz CT molecular complexity index is 464. The molecule has 0 aliphatic carbocycles. The number of hydrogen-bond acceptors (Lipinski definition) is 5. The third kappa shape index (κ3) is 2.46. The highest BCUT2D eigenvalue weighted by molar-refractivity contribution is 7.09. The van der Waals surface area contributed by atoms with Gasteiger partial charge in [-0.1, -0.05) is 12.1 Å². The molecular weight excluding hydrogens is 226 g/mol. The maximum atomic E-state index is 11.5. The molecule has 2 aromatic heterocycles. The highest BCUT2D eigenvalue weighted by Crippen LogP contribution is 2.09. The molecule has 0 spiro atoms. The number of aryl methyl sites for hydroxylation is 1. The maximum absolute atomic E-state index is 11.5. The van der Waals surface area contributed by atoms with Crippen LogP contribution < -0.4 is 5.32 Å². The van der Waals surface area contributed by atoms with E-state index in [-0.39, 0.29) is 11.7 Å². The van der Waals surface area contributed by atoms with Gasteiger partial charge in [-0.05, 0) is 6.42 Å². The summed E-state index contributed by atoms with van der Waals surface area (Å²) in [5.41, 5.74) is 0.870. The fourth-order valence-corrected chi connectivity index (χ4v) is 1.93. The number of carbonyl (C=O) groups excluding carboxylic acids is 1. The molecule has 0 atom stereocenters. The minimum Gasteiger partial charge on any atom is -0.351 e. The van der Waals surface area contributed by atoms with Crippen LogP contribution in [-0.2, 0) is 13.0 Å². The van der Waals surface area contributed by atoms with Crippen molar-refractivity contribution in [3.8, 4) is 0 Å². The molecule has 0 saturated carbocycles. The van der Waals surface area contributed by atoms with Crippen LogP contribution >= 0.6 is 11.3 Å². The first-order valence-corrected chi connectivity index (χ1v) is 5.79. The number of rotatable bonds is 4. The summed E-state index contributed by atoms with van der Waals surface area (Å²) in [5, 5.41) is 9.19. The fraction of sp³-hybridized carbons (Fsp3) is 0.300. The monoisotopic (exact) mass is 237 g/mol. The highest BCUT2D eigenvalue weighted by atomic mass is 32.1. The zero-order valence-electron chi connectivity index (χ0n) is 8.77. The van der Waals surface area contributed by atoms with Gasteiger partial charge in [-0.3, -0.25) is 4.79 Å². The number of thiazole rings is 1. The third-order valence-electron chi connectivity index (χ3n) is 1.99. The molecule has 84 valence electrons. The van der Waals surface area contributed by atoms with Crippen molar-refractivity contribution in [3.05, 3.63) is 34.1 Å². The van der Waals surface area contributed by atoms with Crippen LogP contribution in [0.3, 0.4) is 0 Å². The number of carbonyl (C=O) groups is 1. The zero-order chi connectivity index (χ0) is 11.4. The number of nitrogens with zero attached hydrogens (tertiary/aromatic N) is 2. The summed E-state index contributed by atoms with van der Waals surface area (Å²) in [5.74, 6) is -0.0607. The predicted octanol–water partition coefficient (Wildman–Crippen LogP) is 1.62. The summed E-state index contributed by atoms with van der Waals surface area (Å²) in [6, 6.07) is 1.52. The van der Waals surface area contributed by atoms with Gasteiger partial charge in [0.2, 0.25) is 5.76 Å². The van der Waals surface area contributed by atoms with Gasteiger partial charge in [-0.25, -0.2) is 4.98 Å². The van der Waals surface area contributed by atoms with Crippen LogP contribution in [0.4, 0.5) is 0 Å². The number of aromatic nitrogens is 2. The number of nitrogens with one attached hydrogen (secondary N) is 1. The van der Waals surface area contributed by atoms with Crippen LogP contribution in [-0.4, -0.2) is 16.0 Å². The van der Waals surface area contributed by atoms with Crippen LogP contribution in [0.2, 0.25) is 0 Å². The first-order chi connectivity index (χ1) is 7.79. The Kier molecular flexibility index (Phi) is 3.31. The van der Waals surface area contributed by atoms with E-state index in [2.05, 4.69) is 22.4 Å². The lowest BCUT2D eigenvalue weighted by Crippen LogP contribution is -2.22. The van der Waals surface area contributed by atoms with Crippen LogP contribution in [0, 0.1) is 0 Å². The van der Waals surface area contributed by atoms with E-state index < -0.39 is 0 Å². The van der Waals surface area contributed by atoms with Gasteiger partial charge >= 0.3 is 0 Å².